The summed E-state index contributed by atoms with van der Waals surface area (Å²) in [7, 11) is 1.74. The Morgan fingerprint density at radius 3 is 2.69 bits per heavy atom. The number of rotatable bonds is 3. The molecule has 0 aliphatic heterocycles. The molecule has 0 saturated heterocycles. The van der Waals surface area contributed by atoms with Gasteiger partial charge in [0.15, 0.2) is 0 Å². The SMILES string of the molecule is CN(CC(=O)O)c1ccccc1Br. The molecule has 1 rings (SSSR count). The van der Waals surface area contributed by atoms with E-state index < -0.39 is 5.97 Å². The van der Waals surface area contributed by atoms with Crippen LogP contribution in [0.25, 0.3) is 0 Å². The Labute approximate surface area is 85.1 Å². The van der Waals surface area contributed by atoms with Crippen molar-refractivity contribution in [3.05, 3.63) is 28.7 Å². The topological polar surface area (TPSA) is 40.5 Å². The highest BCUT2D eigenvalue weighted by Crippen LogP contribution is 2.24. The number of aliphatic carboxylic acids is 1. The van der Waals surface area contributed by atoms with Crippen LogP contribution in [0.1, 0.15) is 0 Å². The summed E-state index contributed by atoms with van der Waals surface area (Å²) in [6.07, 6.45) is 0. The lowest BCUT2D eigenvalue weighted by molar-refractivity contribution is -0.135. The van der Waals surface area contributed by atoms with Crippen LogP contribution in [0.5, 0.6) is 0 Å². The highest BCUT2D eigenvalue weighted by atomic mass is 79.9. The van der Waals surface area contributed by atoms with E-state index in [1.165, 1.54) is 0 Å². The van der Waals surface area contributed by atoms with Gasteiger partial charge in [0.05, 0.1) is 5.69 Å². The average Bonchev–Trinajstić information content (AvgIpc) is 2.03. The molecule has 0 fully saturated rings. The number of hydrogen-bond acceptors (Lipinski definition) is 2. The van der Waals surface area contributed by atoms with E-state index in [2.05, 4.69) is 15.9 Å². The second-order valence-electron chi connectivity index (χ2n) is 2.70. The van der Waals surface area contributed by atoms with E-state index in [1.807, 2.05) is 24.3 Å². The summed E-state index contributed by atoms with van der Waals surface area (Å²) in [6, 6.07) is 7.52. The van der Waals surface area contributed by atoms with Crippen molar-refractivity contribution in [2.24, 2.45) is 0 Å². The van der Waals surface area contributed by atoms with Crippen LogP contribution in [-0.2, 0) is 4.79 Å². The number of para-hydroxylation sites is 1. The maximum absolute atomic E-state index is 10.4. The quantitative estimate of drug-likeness (QED) is 0.883. The Morgan fingerprint density at radius 2 is 2.15 bits per heavy atom. The summed E-state index contributed by atoms with van der Waals surface area (Å²) in [4.78, 5) is 12.1. The minimum atomic E-state index is -0.835. The van der Waals surface area contributed by atoms with Crippen molar-refractivity contribution in [2.45, 2.75) is 0 Å². The molecule has 70 valence electrons. The maximum Gasteiger partial charge on any atom is 0.323 e. The van der Waals surface area contributed by atoms with Crippen LogP contribution in [0.3, 0.4) is 0 Å². The van der Waals surface area contributed by atoms with Gasteiger partial charge in [-0.25, -0.2) is 0 Å². The Bertz CT molecular complexity index is 314. The normalized spacial score (nSPS) is 9.69. The maximum atomic E-state index is 10.4. The first-order valence-electron chi connectivity index (χ1n) is 3.78. The standard InChI is InChI=1S/C9H10BrNO2/c1-11(6-9(12)13)8-5-3-2-4-7(8)10/h2-5H,6H2,1H3,(H,12,13). The van der Waals surface area contributed by atoms with Crippen LogP contribution < -0.4 is 4.90 Å². The van der Waals surface area contributed by atoms with E-state index >= 15 is 0 Å². The van der Waals surface area contributed by atoms with Gasteiger partial charge in [-0.1, -0.05) is 12.1 Å². The van der Waals surface area contributed by atoms with Gasteiger partial charge in [-0.15, -0.1) is 0 Å². The first-order chi connectivity index (χ1) is 6.11. The molecule has 1 aromatic carbocycles. The second kappa shape index (κ2) is 4.28. The predicted molar refractivity (Wildman–Crippen MR) is 55.0 cm³/mol. The number of carbonyl (C=O) groups is 1. The molecule has 0 bridgehead atoms. The molecule has 0 saturated carbocycles. The van der Waals surface area contributed by atoms with Gasteiger partial charge in [-0.2, -0.15) is 0 Å². The summed E-state index contributed by atoms with van der Waals surface area (Å²) >= 11 is 3.35. The van der Waals surface area contributed by atoms with Crippen molar-refractivity contribution in [1.29, 1.82) is 0 Å². The van der Waals surface area contributed by atoms with Gasteiger partial charge < -0.3 is 10.0 Å². The predicted octanol–water partition coefficient (Wildman–Crippen LogP) is 1.97. The van der Waals surface area contributed by atoms with Crippen molar-refractivity contribution >= 4 is 27.6 Å². The van der Waals surface area contributed by atoms with E-state index in [-0.39, 0.29) is 6.54 Å². The molecule has 0 spiro atoms. The number of likely N-dealkylation sites (N-methyl/N-ethyl adjacent to an activating group) is 1. The lowest BCUT2D eigenvalue weighted by Gasteiger charge is -2.17. The number of benzene rings is 1. The van der Waals surface area contributed by atoms with Gasteiger partial charge in [-0.3, -0.25) is 4.79 Å². The lowest BCUT2D eigenvalue weighted by atomic mass is 10.3. The highest BCUT2D eigenvalue weighted by molar-refractivity contribution is 9.10. The molecule has 0 aliphatic carbocycles. The Kier molecular flexibility index (Phi) is 3.31. The summed E-state index contributed by atoms with van der Waals surface area (Å²) in [6.45, 7) is 0.00259. The molecule has 4 heteroatoms. The molecule has 0 amide bonds. The van der Waals surface area contributed by atoms with Crippen molar-refractivity contribution in [3.8, 4) is 0 Å². The van der Waals surface area contributed by atoms with Gasteiger partial charge in [-0.05, 0) is 28.1 Å². The second-order valence-corrected chi connectivity index (χ2v) is 3.56. The molecular weight excluding hydrogens is 234 g/mol. The smallest absolute Gasteiger partial charge is 0.323 e. The molecule has 0 heterocycles. The summed E-state index contributed by atoms with van der Waals surface area (Å²) in [5.74, 6) is -0.835. The molecule has 0 radical (unpaired) electrons. The van der Waals surface area contributed by atoms with Crippen molar-refractivity contribution in [3.63, 3.8) is 0 Å². The van der Waals surface area contributed by atoms with Gasteiger partial charge in [0, 0.05) is 11.5 Å². The van der Waals surface area contributed by atoms with Gasteiger partial charge in [0.25, 0.3) is 0 Å². The zero-order valence-electron chi connectivity index (χ0n) is 7.20. The Morgan fingerprint density at radius 1 is 1.54 bits per heavy atom. The minimum absolute atomic E-state index is 0.00259. The average molecular weight is 244 g/mol. The number of carboxylic acids is 1. The van der Waals surface area contributed by atoms with Crippen LogP contribution in [0.2, 0.25) is 0 Å². The molecular formula is C9H10BrNO2. The van der Waals surface area contributed by atoms with Crippen LogP contribution in [0, 0.1) is 0 Å². The van der Waals surface area contributed by atoms with E-state index in [0.717, 1.165) is 10.2 Å². The largest absolute Gasteiger partial charge is 0.480 e. The molecule has 13 heavy (non-hydrogen) atoms. The van der Waals surface area contributed by atoms with Crippen LogP contribution in [0.4, 0.5) is 5.69 Å². The molecule has 3 nitrogen and oxygen atoms in total. The van der Waals surface area contributed by atoms with Crippen molar-refractivity contribution in [1.82, 2.24) is 0 Å². The van der Waals surface area contributed by atoms with E-state index in [1.54, 1.807) is 11.9 Å². The Hall–Kier alpha value is -1.03. The third-order valence-electron chi connectivity index (χ3n) is 1.64. The van der Waals surface area contributed by atoms with E-state index in [0.29, 0.717) is 0 Å². The third kappa shape index (κ3) is 2.73. The number of hydrogen-bond donors (Lipinski definition) is 1. The fourth-order valence-electron chi connectivity index (χ4n) is 1.05. The van der Waals surface area contributed by atoms with Gasteiger partial charge >= 0.3 is 5.97 Å². The monoisotopic (exact) mass is 243 g/mol. The first kappa shape index (κ1) is 10.1. The van der Waals surface area contributed by atoms with Gasteiger partial charge in [0.2, 0.25) is 0 Å². The first-order valence-corrected chi connectivity index (χ1v) is 4.58. The van der Waals surface area contributed by atoms with Crippen LogP contribution >= 0.6 is 15.9 Å². The van der Waals surface area contributed by atoms with Crippen LogP contribution in [0.15, 0.2) is 28.7 Å². The zero-order chi connectivity index (χ0) is 9.84. The number of nitrogens with zero attached hydrogens (tertiary/aromatic N) is 1. The van der Waals surface area contributed by atoms with E-state index in [9.17, 15) is 4.79 Å². The Balaban J connectivity index is 2.82. The fraction of sp³-hybridized carbons (Fsp3) is 0.222. The summed E-state index contributed by atoms with van der Waals surface area (Å²) in [5.41, 5.74) is 0.880. The van der Waals surface area contributed by atoms with Gasteiger partial charge in [0.1, 0.15) is 6.54 Å². The number of halogens is 1. The zero-order valence-corrected chi connectivity index (χ0v) is 8.78. The van der Waals surface area contributed by atoms with Crippen molar-refractivity contribution in [2.75, 3.05) is 18.5 Å². The van der Waals surface area contributed by atoms with E-state index in [4.69, 9.17) is 5.11 Å². The summed E-state index contributed by atoms with van der Waals surface area (Å²) in [5, 5.41) is 8.58. The molecule has 0 unspecified atom stereocenters. The fourth-order valence-corrected chi connectivity index (χ4v) is 1.64. The lowest BCUT2D eigenvalue weighted by Crippen LogP contribution is -2.25. The third-order valence-corrected chi connectivity index (χ3v) is 2.31. The molecule has 0 atom stereocenters. The van der Waals surface area contributed by atoms with Crippen LogP contribution in [-0.4, -0.2) is 24.7 Å². The highest BCUT2D eigenvalue weighted by Gasteiger charge is 2.07. The molecule has 0 aliphatic rings. The summed E-state index contributed by atoms with van der Waals surface area (Å²) < 4.78 is 0.902. The minimum Gasteiger partial charge on any atom is -0.480 e. The molecule has 1 N–H and O–H groups in total. The van der Waals surface area contributed by atoms with Crippen molar-refractivity contribution < 1.29 is 9.90 Å². The molecule has 1 aromatic rings. The number of anilines is 1. The molecule has 0 aromatic heterocycles. The number of carboxylic acid groups (broad SMARTS) is 1.